The van der Waals surface area contributed by atoms with Gasteiger partial charge in [-0.3, -0.25) is 4.68 Å². The van der Waals surface area contributed by atoms with Crippen LogP contribution in [-0.2, 0) is 13.0 Å². The minimum atomic E-state index is -0.105. The van der Waals surface area contributed by atoms with E-state index in [0.717, 1.165) is 30.8 Å². The first-order valence-corrected chi connectivity index (χ1v) is 7.13. The molecule has 1 unspecified atom stereocenters. The number of nitrogens with zero attached hydrogens (tertiary/aromatic N) is 2. The Kier molecular flexibility index (Phi) is 5.04. The van der Waals surface area contributed by atoms with E-state index in [2.05, 4.69) is 17.2 Å². The Labute approximate surface area is 124 Å². The molecule has 0 aliphatic heterocycles. The zero-order valence-electron chi connectivity index (χ0n) is 11.8. The van der Waals surface area contributed by atoms with E-state index in [9.17, 15) is 0 Å². The first kappa shape index (κ1) is 14.9. The first-order chi connectivity index (χ1) is 9.65. The van der Waals surface area contributed by atoms with Gasteiger partial charge in [-0.1, -0.05) is 23.7 Å². The van der Waals surface area contributed by atoms with Crippen molar-refractivity contribution in [2.45, 2.75) is 32.4 Å². The van der Waals surface area contributed by atoms with E-state index in [-0.39, 0.29) is 6.04 Å². The summed E-state index contributed by atoms with van der Waals surface area (Å²) in [6.45, 7) is 2.81. The molecule has 0 aliphatic rings. The minimum absolute atomic E-state index is 0.105. The Morgan fingerprint density at radius 2 is 2.05 bits per heavy atom. The first-order valence-electron chi connectivity index (χ1n) is 6.75. The molecule has 0 aliphatic carbocycles. The van der Waals surface area contributed by atoms with E-state index < -0.39 is 0 Å². The van der Waals surface area contributed by atoms with Gasteiger partial charge < -0.3 is 10.5 Å². The molecule has 0 fully saturated rings. The highest BCUT2D eigenvalue weighted by Gasteiger charge is 2.16. The van der Waals surface area contributed by atoms with E-state index in [1.54, 1.807) is 13.3 Å². The largest absolute Gasteiger partial charge is 0.497 e. The second kappa shape index (κ2) is 6.77. The number of nitrogens with two attached hydrogens (primary N) is 1. The van der Waals surface area contributed by atoms with Crippen LogP contribution in [0.5, 0.6) is 5.75 Å². The molecule has 0 spiro atoms. The highest BCUT2D eigenvalue weighted by atomic mass is 35.5. The number of ether oxygens (including phenoxy) is 1. The Balaban J connectivity index is 2.00. The lowest BCUT2D eigenvalue weighted by Gasteiger charge is -2.14. The number of methoxy groups -OCH3 is 1. The SMILES string of the molecule is CCn1ncc(Cl)c1C(N)CCc1ccc(OC)cc1. The topological polar surface area (TPSA) is 53.1 Å². The molecule has 108 valence electrons. The van der Waals surface area contributed by atoms with Crippen molar-refractivity contribution in [1.82, 2.24) is 9.78 Å². The third kappa shape index (κ3) is 3.32. The third-order valence-corrected chi connectivity index (χ3v) is 3.68. The maximum Gasteiger partial charge on any atom is 0.118 e. The lowest BCUT2D eigenvalue weighted by molar-refractivity contribution is 0.414. The molecule has 1 heterocycles. The molecular weight excluding hydrogens is 274 g/mol. The van der Waals surface area contributed by atoms with E-state index in [1.807, 2.05) is 23.7 Å². The fraction of sp³-hybridized carbons (Fsp3) is 0.400. The van der Waals surface area contributed by atoms with Gasteiger partial charge in [-0.15, -0.1) is 0 Å². The summed E-state index contributed by atoms with van der Waals surface area (Å²) in [7, 11) is 1.67. The summed E-state index contributed by atoms with van der Waals surface area (Å²) in [4.78, 5) is 0. The minimum Gasteiger partial charge on any atom is -0.497 e. The van der Waals surface area contributed by atoms with Gasteiger partial charge in [0.15, 0.2) is 0 Å². The van der Waals surface area contributed by atoms with Gasteiger partial charge in [0, 0.05) is 12.6 Å². The van der Waals surface area contributed by atoms with Crippen LogP contribution in [0.4, 0.5) is 0 Å². The van der Waals surface area contributed by atoms with Crippen LogP contribution in [-0.4, -0.2) is 16.9 Å². The van der Waals surface area contributed by atoms with Crippen LogP contribution in [0.1, 0.15) is 30.6 Å². The van der Waals surface area contributed by atoms with Gasteiger partial charge in [0.05, 0.1) is 24.0 Å². The van der Waals surface area contributed by atoms with Crippen molar-refractivity contribution in [3.63, 3.8) is 0 Å². The standard InChI is InChI=1S/C15H20ClN3O/c1-3-19-15(13(16)10-18-19)14(17)9-6-11-4-7-12(20-2)8-5-11/h4-5,7-8,10,14H,3,6,9,17H2,1-2H3. The van der Waals surface area contributed by atoms with Crippen molar-refractivity contribution in [2.24, 2.45) is 5.73 Å². The summed E-state index contributed by atoms with van der Waals surface area (Å²) in [5, 5.41) is 4.87. The van der Waals surface area contributed by atoms with E-state index >= 15 is 0 Å². The maximum atomic E-state index is 6.25. The van der Waals surface area contributed by atoms with Crippen LogP contribution >= 0.6 is 11.6 Å². The number of rotatable bonds is 6. The lowest BCUT2D eigenvalue weighted by atomic mass is 10.0. The van der Waals surface area contributed by atoms with Crippen molar-refractivity contribution < 1.29 is 4.74 Å². The van der Waals surface area contributed by atoms with E-state index in [0.29, 0.717) is 5.02 Å². The molecule has 2 N–H and O–H groups in total. The predicted molar refractivity (Wildman–Crippen MR) is 81.2 cm³/mol. The third-order valence-electron chi connectivity index (χ3n) is 3.39. The van der Waals surface area contributed by atoms with Gasteiger partial charge in [0.25, 0.3) is 0 Å². The summed E-state index contributed by atoms with van der Waals surface area (Å²) < 4.78 is 7.01. The van der Waals surface area contributed by atoms with Crippen LogP contribution in [0.3, 0.4) is 0 Å². The van der Waals surface area contributed by atoms with Crippen molar-refractivity contribution in [3.05, 3.63) is 46.7 Å². The summed E-state index contributed by atoms with van der Waals surface area (Å²) in [6, 6.07) is 7.94. The van der Waals surface area contributed by atoms with Crippen molar-refractivity contribution >= 4 is 11.6 Å². The number of benzene rings is 1. The van der Waals surface area contributed by atoms with Gasteiger partial charge in [0.2, 0.25) is 0 Å². The lowest BCUT2D eigenvalue weighted by Crippen LogP contribution is -2.17. The fourth-order valence-electron chi connectivity index (χ4n) is 2.24. The second-order valence-electron chi connectivity index (χ2n) is 4.69. The molecule has 1 aromatic carbocycles. The van der Waals surface area contributed by atoms with Crippen LogP contribution in [0.15, 0.2) is 30.5 Å². The van der Waals surface area contributed by atoms with Gasteiger partial charge in [-0.2, -0.15) is 5.10 Å². The summed E-state index contributed by atoms with van der Waals surface area (Å²) in [5.74, 6) is 0.866. The summed E-state index contributed by atoms with van der Waals surface area (Å²) >= 11 is 6.16. The van der Waals surface area contributed by atoms with Crippen molar-refractivity contribution in [2.75, 3.05) is 7.11 Å². The number of halogens is 1. The zero-order valence-corrected chi connectivity index (χ0v) is 12.6. The maximum absolute atomic E-state index is 6.25. The highest BCUT2D eigenvalue weighted by molar-refractivity contribution is 6.31. The van der Waals surface area contributed by atoms with Crippen molar-refractivity contribution in [3.8, 4) is 5.75 Å². The highest BCUT2D eigenvalue weighted by Crippen LogP contribution is 2.25. The number of hydrogen-bond acceptors (Lipinski definition) is 3. The molecule has 1 atom stereocenters. The van der Waals surface area contributed by atoms with Crippen molar-refractivity contribution in [1.29, 1.82) is 0 Å². The molecule has 5 heteroatoms. The molecule has 2 aromatic rings. The van der Waals surface area contributed by atoms with Gasteiger partial charge >= 0.3 is 0 Å². The number of aryl methyl sites for hydroxylation is 2. The Hall–Kier alpha value is -1.52. The molecule has 1 aromatic heterocycles. The monoisotopic (exact) mass is 293 g/mol. The Morgan fingerprint density at radius 3 is 2.65 bits per heavy atom. The van der Waals surface area contributed by atoms with Gasteiger partial charge in [-0.05, 0) is 37.5 Å². The zero-order chi connectivity index (χ0) is 14.5. The molecule has 0 bridgehead atoms. The molecule has 0 saturated heterocycles. The number of aromatic nitrogens is 2. The smallest absolute Gasteiger partial charge is 0.118 e. The van der Waals surface area contributed by atoms with Crippen LogP contribution in [0.25, 0.3) is 0 Å². The molecule has 0 radical (unpaired) electrons. The molecule has 0 amide bonds. The fourth-order valence-corrected chi connectivity index (χ4v) is 2.52. The molecular formula is C15H20ClN3O. The average molecular weight is 294 g/mol. The normalized spacial score (nSPS) is 12.4. The Morgan fingerprint density at radius 1 is 1.35 bits per heavy atom. The molecule has 4 nitrogen and oxygen atoms in total. The molecule has 0 saturated carbocycles. The number of hydrogen-bond donors (Lipinski definition) is 1. The van der Waals surface area contributed by atoms with Crippen LogP contribution in [0.2, 0.25) is 5.02 Å². The van der Waals surface area contributed by atoms with E-state index in [1.165, 1.54) is 5.56 Å². The Bertz CT molecular complexity index is 551. The second-order valence-corrected chi connectivity index (χ2v) is 5.09. The van der Waals surface area contributed by atoms with Crippen LogP contribution < -0.4 is 10.5 Å². The predicted octanol–water partition coefficient (Wildman–Crippen LogP) is 3.20. The molecule has 2 rings (SSSR count). The van der Waals surface area contributed by atoms with E-state index in [4.69, 9.17) is 22.1 Å². The summed E-state index contributed by atoms with van der Waals surface area (Å²) in [6.07, 6.45) is 3.39. The molecule has 20 heavy (non-hydrogen) atoms. The quantitative estimate of drug-likeness (QED) is 0.890. The van der Waals surface area contributed by atoms with Gasteiger partial charge in [0.1, 0.15) is 5.75 Å². The average Bonchev–Trinajstić information content (AvgIpc) is 2.86. The van der Waals surface area contributed by atoms with Gasteiger partial charge in [-0.25, -0.2) is 0 Å². The summed E-state index contributed by atoms with van der Waals surface area (Å²) in [5.41, 5.74) is 8.41. The van der Waals surface area contributed by atoms with Crippen LogP contribution in [0, 0.1) is 0 Å².